The summed E-state index contributed by atoms with van der Waals surface area (Å²) in [6.07, 6.45) is 0.725. The molecule has 2 aromatic rings. The van der Waals surface area contributed by atoms with Gasteiger partial charge < -0.3 is 5.32 Å². The van der Waals surface area contributed by atoms with Gasteiger partial charge in [0, 0.05) is 12.1 Å². The molecule has 0 aliphatic carbocycles. The lowest BCUT2D eigenvalue weighted by Crippen LogP contribution is -2.14. The van der Waals surface area contributed by atoms with Crippen LogP contribution >= 0.6 is 0 Å². The van der Waals surface area contributed by atoms with Crippen LogP contribution in [0.3, 0.4) is 0 Å². The monoisotopic (exact) mass is 258 g/mol. The third-order valence-electron chi connectivity index (χ3n) is 2.88. The van der Waals surface area contributed by atoms with Gasteiger partial charge in [0.2, 0.25) is 5.82 Å². The summed E-state index contributed by atoms with van der Waals surface area (Å²) in [7, 11) is 0. The number of rotatable bonds is 4. The summed E-state index contributed by atoms with van der Waals surface area (Å²) < 4.78 is 0. The highest BCUT2D eigenvalue weighted by Crippen LogP contribution is 2.18. The second-order valence-corrected chi connectivity index (χ2v) is 4.69. The minimum Gasteiger partial charge on any atom is -0.319 e. The predicted molar refractivity (Wildman–Crippen MR) is 74.2 cm³/mol. The van der Waals surface area contributed by atoms with Gasteiger partial charge in [-0.25, -0.2) is 4.98 Å². The fourth-order valence-corrected chi connectivity index (χ4v) is 1.72. The van der Waals surface area contributed by atoms with E-state index in [1.54, 1.807) is 0 Å². The molecule has 0 unspecified atom stereocenters. The second-order valence-electron chi connectivity index (χ2n) is 4.69. The number of benzene rings is 1. The van der Waals surface area contributed by atoms with Crippen LogP contribution in [0.5, 0.6) is 0 Å². The molecule has 1 aromatic carbocycles. The normalized spacial score (nSPS) is 10.7. The van der Waals surface area contributed by atoms with E-state index in [9.17, 15) is 4.79 Å². The lowest BCUT2D eigenvalue weighted by molar-refractivity contribution is 0.101. The van der Waals surface area contributed by atoms with Crippen LogP contribution in [0.15, 0.2) is 24.3 Å². The van der Waals surface area contributed by atoms with Crippen molar-refractivity contribution in [2.75, 3.05) is 5.32 Å². The molecule has 1 amide bonds. The van der Waals surface area contributed by atoms with Crippen LogP contribution in [0.1, 0.15) is 48.7 Å². The summed E-state index contributed by atoms with van der Waals surface area (Å²) in [5, 5.41) is 9.43. The summed E-state index contributed by atoms with van der Waals surface area (Å²) in [5.41, 5.74) is 1.95. The van der Waals surface area contributed by atoms with Crippen molar-refractivity contribution < 1.29 is 4.79 Å². The largest absolute Gasteiger partial charge is 0.319 e. The number of nitrogens with zero attached hydrogens (tertiary/aromatic N) is 2. The highest BCUT2D eigenvalue weighted by atomic mass is 16.2. The van der Waals surface area contributed by atoms with Crippen molar-refractivity contribution in [3.8, 4) is 0 Å². The number of carbonyl (C=O) groups excluding carboxylic acids is 1. The first-order valence-electron chi connectivity index (χ1n) is 6.42. The topological polar surface area (TPSA) is 70.7 Å². The Morgan fingerprint density at radius 1 is 1.42 bits per heavy atom. The van der Waals surface area contributed by atoms with Gasteiger partial charge in [-0.1, -0.05) is 32.9 Å². The summed E-state index contributed by atoms with van der Waals surface area (Å²) in [5.74, 6) is 1.01. The van der Waals surface area contributed by atoms with E-state index in [0.29, 0.717) is 11.7 Å². The standard InChI is InChI=1S/C14H18N4O/c1-4-12-16-13(18-17-12)14(19)15-11-7-5-6-10(8-11)9(2)3/h5-9H,4H2,1-3H3,(H,15,19)(H,16,17,18). The summed E-state index contributed by atoms with van der Waals surface area (Å²) in [6.45, 7) is 6.18. The molecule has 2 N–H and O–H groups in total. The fourth-order valence-electron chi connectivity index (χ4n) is 1.72. The van der Waals surface area contributed by atoms with Crippen molar-refractivity contribution in [3.05, 3.63) is 41.5 Å². The maximum absolute atomic E-state index is 12.0. The Morgan fingerprint density at radius 2 is 2.21 bits per heavy atom. The van der Waals surface area contributed by atoms with E-state index in [-0.39, 0.29) is 11.7 Å². The molecule has 2 rings (SSSR count). The zero-order valence-electron chi connectivity index (χ0n) is 11.4. The Hall–Kier alpha value is -2.17. The minimum atomic E-state index is -0.295. The molecule has 0 atom stereocenters. The maximum atomic E-state index is 12.0. The number of H-pyrrole nitrogens is 1. The van der Waals surface area contributed by atoms with Gasteiger partial charge in [-0.15, -0.1) is 5.10 Å². The van der Waals surface area contributed by atoms with Crippen molar-refractivity contribution >= 4 is 11.6 Å². The Morgan fingerprint density at radius 3 is 2.84 bits per heavy atom. The first-order chi connectivity index (χ1) is 9.10. The van der Waals surface area contributed by atoms with Gasteiger partial charge in [-0.2, -0.15) is 0 Å². The molecule has 1 aromatic heterocycles. The van der Waals surface area contributed by atoms with Crippen LogP contribution in [0.25, 0.3) is 0 Å². The average molecular weight is 258 g/mol. The van der Waals surface area contributed by atoms with E-state index in [1.165, 1.54) is 5.56 Å². The molecule has 0 saturated heterocycles. The molecule has 19 heavy (non-hydrogen) atoms. The van der Waals surface area contributed by atoms with Crippen LogP contribution in [-0.2, 0) is 6.42 Å². The van der Waals surface area contributed by atoms with E-state index in [0.717, 1.165) is 12.1 Å². The van der Waals surface area contributed by atoms with Crippen molar-refractivity contribution in [3.63, 3.8) is 0 Å². The van der Waals surface area contributed by atoms with Gasteiger partial charge in [0.25, 0.3) is 5.91 Å². The molecule has 0 aliphatic heterocycles. The first-order valence-corrected chi connectivity index (χ1v) is 6.42. The molecular weight excluding hydrogens is 240 g/mol. The SMILES string of the molecule is CCc1nc(C(=O)Nc2cccc(C(C)C)c2)n[nH]1. The van der Waals surface area contributed by atoms with Gasteiger partial charge >= 0.3 is 0 Å². The maximum Gasteiger partial charge on any atom is 0.295 e. The fraction of sp³-hybridized carbons (Fsp3) is 0.357. The van der Waals surface area contributed by atoms with Crippen molar-refractivity contribution in [2.24, 2.45) is 0 Å². The molecule has 0 saturated carbocycles. The number of aromatic amines is 1. The lowest BCUT2D eigenvalue weighted by atomic mass is 10.0. The van der Waals surface area contributed by atoms with Crippen LogP contribution < -0.4 is 5.32 Å². The van der Waals surface area contributed by atoms with E-state index >= 15 is 0 Å². The predicted octanol–water partition coefficient (Wildman–Crippen LogP) is 2.74. The van der Waals surface area contributed by atoms with E-state index in [2.05, 4.69) is 34.3 Å². The van der Waals surface area contributed by atoms with Gasteiger partial charge in [0.1, 0.15) is 5.82 Å². The smallest absolute Gasteiger partial charge is 0.295 e. The molecule has 0 spiro atoms. The number of nitrogens with one attached hydrogen (secondary N) is 2. The Bertz CT molecular complexity index is 574. The Balaban J connectivity index is 2.12. The summed E-state index contributed by atoms with van der Waals surface area (Å²) >= 11 is 0. The third-order valence-corrected chi connectivity index (χ3v) is 2.88. The van der Waals surface area contributed by atoms with E-state index in [4.69, 9.17) is 0 Å². The van der Waals surface area contributed by atoms with Crippen molar-refractivity contribution in [2.45, 2.75) is 33.1 Å². The molecule has 100 valence electrons. The molecule has 0 fully saturated rings. The highest BCUT2D eigenvalue weighted by molar-refractivity contribution is 6.01. The zero-order valence-corrected chi connectivity index (χ0v) is 11.4. The van der Waals surface area contributed by atoms with Crippen molar-refractivity contribution in [1.29, 1.82) is 0 Å². The third kappa shape index (κ3) is 3.19. The quantitative estimate of drug-likeness (QED) is 0.885. The number of aryl methyl sites for hydroxylation is 1. The van der Waals surface area contributed by atoms with Crippen LogP contribution in [0.2, 0.25) is 0 Å². The molecule has 1 heterocycles. The van der Waals surface area contributed by atoms with E-state index < -0.39 is 0 Å². The first kappa shape index (κ1) is 13.3. The summed E-state index contributed by atoms with van der Waals surface area (Å²) in [6, 6.07) is 7.80. The Kier molecular flexibility index (Phi) is 3.94. The number of carbonyl (C=O) groups is 1. The number of hydrogen-bond acceptors (Lipinski definition) is 3. The number of aromatic nitrogens is 3. The molecular formula is C14H18N4O. The van der Waals surface area contributed by atoms with Gasteiger partial charge in [0.05, 0.1) is 0 Å². The molecule has 0 bridgehead atoms. The summed E-state index contributed by atoms with van der Waals surface area (Å²) in [4.78, 5) is 16.1. The van der Waals surface area contributed by atoms with Gasteiger partial charge in [-0.3, -0.25) is 9.89 Å². The second kappa shape index (κ2) is 5.65. The number of anilines is 1. The minimum absolute atomic E-state index is 0.173. The number of hydrogen-bond donors (Lipinski definition) is 2. The Labute approximate surface area is 112 Å². The van der Waals surface area contributed by atoms with E-state index in [1.807, 2.05) is 31.2 Å². The zero-order chi connectivity index (χ0) is 13.8. The molecule has 5 heteroatoms. The molecule has 5 nitrogen and oxygen atoms in total. The molecule has 0 aliphatic rings. The van der Waals surface area contributed by atoms with Crippen LogP contribution in [0.4, 0.5) is 5.69 Å². The van der Waals surface area contributed by atoms with Gasteiger partial charge in [0.15, 0.2) is 0 Å². The van der Waals surface area contributed by atoms with Gasteiger partial charge in [-0.05, 0) is 23.6 Å². The highest BCUT2D eigenvalue weighted by Gasteiger charge is 2.12. The van der Waals surface area contributed by atoms with Crippen LogP contribution in [0, 0.1) is 0 Å². The number of amides is 1. The van der Waals surface area contributed by atoms with Crippen molar-refractivity contribution in [1.82, 2.24) is 15.2 Å². The molecule has 0 radical (unpaired) electrons. The van der Waals surface area contributed by atoms with Crippen LogP contribution in [-0.4, -0.2) is 21.1 Å². The average Bonchev–Trinajstić information content (AvgIpc) is 2.88. The lowest BCUT2D eigenvalue weighted by Gasteiger charge is -2.08.